The lowest BCUT2D eigenvalue weighted by Crippen LogP contribution is -2.52. The maximum absolute atomic E-state index is 12.3. The van der Waals surface area contributed by atoms with Gasteiger partial charge in [-0.25, -0.2) is 15.0 Å². The molecular weight excluding hydrogens is 326 g/mol. The Kier molecular flexibility index (Phi) is 5.37. The molecule has 24 heavy (non-hydrogen) atoms. The normalized spacial score (nSPS) is 20.6. The third kappa shape index (κ3) is 4.48. The summed E-state index contributed by atoms with van der Waals surface area (Å²) in [6, 6.07) is 1.80. The molecule has 1 saturated heterocycles. The zero-order valence-electron chi connectivity index (χ0n) is 13.8. The van der Waals surface area contributed by atoms with Crippen LogP contribution in [0.4, 0.5) is 5.82 Å². The maximum Gasteiger partial charge on any atom is 0.226 e. The van der Waals surface area contributed by atoms with Crippen LogP contribution in [0.1, 0.15) is 22.9 Å². The summed E-state index contributed by atoms with van der Waals surface area (Å²) in [4.78, 5) is 25.1. The van der Waals surface area contributed by atoms with Gasteiger partial charge in [0.25, 0.3) is 0 Å². The van der Waals surface area contributed by atoms with Crippen LogP contribution in [0.15, 0.2) is 17.6 Å². The Balaban J connectivity index is 1.60. The zero-order chi connectivity index (χ0) is 16.9. The van der Waals surface area contributed by atoms with Crippen molar-refractivity contribution in [3.63, 3.8) is 0 Å². The van der Waals surface area contributed by atoms with Crippen LogP contribution in [0.3, 0.4) is 0 Å². The molecule has 7 nitrogen and oxygen atoms in total. The van der Waals surface area contributed by atoms with Crippen LogP contribution in [0.2, 0.25) is 0 Å². The van der Waals surface area contributed by atoms with Crippen molar-refractivity contribution in [3.8, 4) is 0 Å². The van der Waals surface area contributed by atoms with Crippen molar-refractivity contribution in [2.75, 3.05) is 18.5 Å². The minimum Gasteiger partial charge on any atom is -0.379 e. The first kappa shape index (κ1) is 16.8. The lowest BCUT2D eigenvalue weighted by Gasteiger charge is -2.33. The molecule has 0 saturated carbocycles. The van der Waals surface area contributed by atoms with E-state index in [1.807, 2.05) is 25.3 Å². The van der Waals surface area contributed by atoms with Crippen molar-refractivity contribution < 1.29 is 9.53 Å². The first-order valence-corrected chi connectivity index (χ1v) is 8.82. The Morgan fingerprint density at radius 1 is 1.38 bits per heavy atom. The topological polar surface area (TPSA) is 89.0 Å². The minimum absolute atomic E-state index is 0.00116. The fraction of sp³-hybridized carbons (Fsp3) is 0.500. The molecular formula is C16H21N5O2S. The van der Waals surface area contributed by atoms with Crippen LogP contribution in [0, 0.1) is 13.8 Å². The fourth-order valence-electron chi connectivity index (χ4n) is 2.69. The lowest BCUT2D eigenvalue weighted by molar-refractivity contribution is -0.121. The summed E-state index contributed by atoms with van der Waals surface area (Å²) < 4.78 is 5.55. The molecule has 2 N–H and O–H groups in total. The number of carbonyl (C=O) groups excluding carboxylic acids is 1. The molecule has 0 aromatic carbocycles. The monoisotopic (exact) mass is 347 g/mol. The fourth-order valence-corrected chi connectivity index (χ4v) is 3.30. The minimum atomic E-state index is -0.0193. The third-order valence-electron chi connectivity index (χ3n) is 3.82. The largest absolute Gasteiger partial charge is 0.379 e. The highest BCUT2D eigenvalue weighted by Gasteiger charge is 2.27. The number of carbonyl (C=O) groups is 1. The van der Waals surface area contributed by atoms with Crippen LogP contribution in [-0.2, 0) is 16.0 Å². The number of nitrogens with zero attached hydrogens (tertiary/aromatic N) is 3. The van der Waals surface area contributed by atoms with E-state index in [4.69, 9.17) is 4.74 Å². The highest BCUT2D eigenvalue weighted by molar-refractivity contribution is 7.09. The van der Waals surface area contributed by atoms with Crippen LogP contribution < -0.4 is 10.6 Å². The molecule has 0 unspecified atom stereocenters. The van der Waals surface area contributed by atoms with Gasteiger partial charge in [-0.2, -0.15) is 0 Å². The molecule has 3 heterocycles. The summed E-state index contributed by atoms with van der Waals surface area (Å²) >= 11 is 1.56. The number of nitrogens with one attached hydrogen (secondary N) is 2. The van der Waals surface area contributed by atoms with Gasteiger partial charge in [0.1, 0.15) is 11.6 Å². The van der Waals surface area contributed by atoms with Crippen LogP contribution in [0.5, 0.6) is 0 Å². The van der Waals surface area contributed by atoms with E-state index < -0.39 is 0 Å². The summed E-state index contributed by atoms with van der Waals surface area (Å²) in [6.07, 6.45) is 2.79. The molecule has 0 spiro atoms. The molecule has 8 heteroatoms. The predicted molar refractivity (Wildman–Crippen MR) is 92.1 cm³/mol. The summed E-state index contributed by atoms with van der Waals surface area (Å²) in [5, 5.41) is 9.35. The van der Waals surface area contributed by atoms with Gasteiger partial charge in [0.2, 0.25) is 5.91 Å². The first-order chi connectivity index (χ1) is 11.6. The van der Waals surface area contributed by atoms with Gasteiger partial charge < -0.3 is 15.4 Å². The van der Waals surface area contributed by atoms with E-state index in [2.05, 4.69) is 25.6 Å². The lowest BCUT2D eigenvalue weighted by atomic mass is 10.0. The Labute approximate surface area is 144 Å². The smallest absolute Gasteiger partial charge is 0.226 e. The quantitative estimate of drug-likeness (QED) is 0.852. The van der Waals surface area contributed by atoms with Gasteiger partial charge in [-0.05, 0) is 26.3 Å². The SMILES string of the molecule is Cc1nccc(N[C@@H]2COCC[C@@H]2NC(=O)Cc2csc(C)n2)n1. The number of anilines is 1. The second-order valence-corrected chi connectivity index (χ2v) is 6.87. The van der Waals surface area contributed by atoms with Crippen molar-refractivity contribution in [1.29, 1.82) is 0 Å². The molecule has 2 aromatic rings. The molecule has 1 aliphatic heterocycles. The van der Waals surface area contributed by atoms with Gasteiger partial charge in [-0.3, -0.25) is 4.79 Å². The number of hydrogen-bond donors (Lipinski definition) is 2. The number of aromatic nitrogens is 3. The Bertz CT molecular complexity index is 705. The van der Waals surface area contributed by atoms with E-state index in [1.165, 1.54) is 0 Å². The van der Waals surface area contributed by atoms with E-state index in [1.54, 1.807) is 17.5 Å². The molecule has 0 radical (unpaired) electrons. The maximum atomic E-state index is 12.3. The number of hydrogen-bond acceptors (Lipinski definition) is 7. The number of ether oxygens (including phenoxy) is 1. The molecule has 128 valence electrons. The molecule has 2 atom stereocenters. The van der Waals surface area contributed by atoms with Crippen molar-refractivity contribution in [1.82, 2.24) is 20.3 Å². The van der Waals surface area contributed by atoms with Gasteiger partial charge in [-0.1, -0.05) is 0 Å². The second kappa shape index (κ2) is 7.67. The molecule has 0 aliphatic carbocycles. The van der Waals surface area contributed by atoms with E-state index in [9.17, 15) is 4.79 Å². The van der Waals surface area contributed by atoms with Gasteiger partial charge in [-0.15, -0.1) is 11.3 Å². The van der Waals surface area contributed by atoms with Gasteiger partial charge in [0.05, 0.1) is 35.8 Å². The summed E-state index contributed by atoms with van der Waals surface area (Å²) in [5.41, 5.74) is 0.818. The molecule has 1 amide bonds. The van der Waals surface area contributed by atoms with Crippen molar-refractivity contribution >= 4 is 23.1 Å². The molecule has 3 rings (SSSR count). The number of aryl methyl sites for hydroxylation is 2. The highest BCUT2D eigenvalue weighted by Crippen LogP contribution is 2.14. The summed E-state index contributed by atoms with van der Waals surface area (Å²) in [5.74, 6) is 1.43. The predicted octanol–water partition coefficient (Wildman–Crippen LogP) is 1.48. The first-order valence-electron chi connectivity index (χ1n) is 7.94. The van der Waals surface area contributed by atoms with Gasteiger partial charge >= 0.3 is 0 Å². The summed E-state index contributed by atoms with van der Waals surface area (Å²) in [7, 11) is 0. The number of thiazole rings is 1. The molecule has 2 aromatic heterocycles. The Hall–Kier alpha value is -2.06. The molecule has 1 aliphatic rings. The van der Waals surface area contributed by atoms with Gasteiger partial charge in [0.15, 0.2) is 0 Å². The van der Waals surface area contributed by atoms with E-state index in [0.717, 1.165) is 22.9 Å². The Morgan fingerprint density at radius 2 is 2.25 bits per heavy atom. The highest BCUT2D eigenvalue weighted by atomic mass is 32.1. The van der Waals surface area contributed by atoms with Crippen LogP contribution >= 0.6 is 11.3 Å². The van der Waals surface area contributed by atoms with E-state index >= 15 is 0 Å². The third-order valence-corrected chi connectivity index (χ3v) is 4.64. The van der Waals surface area contributed by atoms with Crippen molar-refractivity contribution in [2.24, 2.45) is 0 Å². The number of amides is 1. The van der Waals surface area contributed by atoms with Crippen LogP contribution in [-0.4, -0.2) is 46.2 Å². The van der Waals surface area contributed by atoms with E-state index in [-0.39, 0.29) is 18.0 Å². The zero-order valence-corrected chi connectivity index (χ0v) is 14.6. The second-order valence-electron chi connectivity index (χ2n) is 5.81. The Morgan fingerprint density at radius 3 is 3.00 bits per heavy atom. The number of rotatable bonds is 5. The van der Waals surface area contributed by atoms with Gasteiger partial charge in [0, 0.05) is 18.2 Å². The van der Waals surface area contributed by atoms with Crippen molar-refractivity contribution in [2.45, 2.75) is 38.8 Å². The van der Waals surface area contributed by atoms with Crippen molar-refractivity contribution in [3.05, 3.63) is 34.2 Å². The standard InChI is InChI=1S/C16H21N5O2S/c1-10-17-5-3-15(18-10)20-14-8-23-6-4-13(14)21-16(22)7-12-9-24-11(2)19-12/h3,5,9,13-14H,4,6-8H2,1-2H3,(H,21,22)(H,17,18,20)/t13-,14+/m0/s1. The molecule has 0 bridgehead atoms. The summed E-state index contributed by atoms with van der Waals surface area (Å²) in [6.45, 7) is 4.96. The average molecular weight is 347 g/mol. The molecule has 1 fully saturated rings. The van der Waals surface area contributed by atoms with Crippen LogP contribution in [0.25, 0.3) is 0 Å². The van der Waals surface area contributed by atoms with E-state index in [0.29, 0.717) is 25.5 Å². The average Bonchev–Trinajstić information content (AvgIpc) is 2.94.